The predicted octanol–water partition coefficient (Wildman–Crippen LogP) is 5.32. The van der Waals surface area contributed by atoms with Gasteiger partial charge in [0.1, 0.15) is 12.4 Å². The lowest BCUT2D eigenvalue weighted by molar-refractivity contribution is 0.102. The highest BCUT2D eigenvalue weighted by Gasteiger charge is 2.20. The maximum absolute atomic E-state index is 13.0. The van der Waals surface area contributed by atoms with Crippen molar-refractivity contribution >= 4 is 57.8 Å². The van der Waals surface area contributed by atoms with Crippen molar-refractivity contribution in [3.63, 3.8) is 0 Å². The molecule has 2 aromatic carbocycles. The summed E-state index contributed by atoms with van der Waals surface area (Å²) in [6, 6.07) is 15.3. The highest BCUT2D eigenvalue weighted by atomic mass is 35.5. The van der Waals surface area contributed by atoms with Gasteiger partial charge in [-0.25, -0.2) is 0 Å². The summed E-state index contributed by atoms with van der Waals surface area (Å²) in [5.41, 5.74) is 1.97. The fraction of sp³-hybridized carbons (Fsp3) is 0.174. The monoisotopic (exact) mass is 486 g/mol. The molecule has 0 unspecified atom stereocenters. The largest absolute Gasteiger partial charge is 0.497 e. The first-order chi connectivity index (χ1) is 15.4. The minimum Gasteiger partial charge on any atom is -0.497 e. The molecule has 0 bridgehead atoms. The number of rotatable bonds is 6. The number of methoxy groups -OCH3 is 1. The number of nitrogens with one attached hydrogen (secondary N) is 3. The molecule has 1 fully saturated rings. The molecule has 4 rings (SSSR count). The van der Waals surface area contributed by atoms with E-state index in [4.69, 9.17) is 26.5 Å². The molecule has 1 aliphatic rings. The topological polar surface area (TPSA) is 104 Å². The van der Waals surface area contributed by atoms with E-state index >= 15 is 0 Å². The number of amides is 2. The van der Waals surface area contributed by atoms with Crippen LogP contribution in [0.25, 0.3) is 0 Å². The maximum atomic E-state index is 13.0. The van der Waals surface area contributed by atoms with Gasteiger partial charge in [0.2, 0.25) is 0 Å². The zero-order valence-corrected chi connectivity index (χ0v) is 18.5. The summed E-state index contributed by atoms with van der Waals surface area (Å²) in [4.78, 5) is 27.7. The highest BCUT2D eigenvalue weighted by Crippen LogP contribution is 2.27. The molecule has 33 heavy (non-hydrogen) atoms. The Morgan fingerprint density at radius 2 is 1.85 bits per heavy atom. The molecule has 3 N–H and O–H groups in total. The van der Waals surface area contributed by atoms with Crippen LogP contribution in [0.5, 0.6) is 5.75 Å². The summed E-state index contributed by atoms with van der Waals surface area (Å²) in [6.45, 7) is 1.08. The second-order valence-corrected chi connectivity index (χ2v) is 8.49. The van der Waals surface area contributed by atoms with E-state index in [1.165, 1.54) is 7.11 Å². The van der Waals surface area contributed by atoms with Crippen molar-refractivity contribution in [1.29, 1.82) is 5.41 Å². The number of anilines is 3. The van der Waals surface area contributed by atoms with Gasteiger partial charge in [-0.05, 0) is 48.5 Å². The summed E-state index contributed by atoms with van der Waals surface area (Å²) >= 11 is 7.07. The quantitative estimate of drug-likeness (QED) is 0.437. The Hall–Kier alpha value is -3.56. The molecule has 8 nitrogen and oxygen atoms in total. The number of carbonyl (C=O) groups is 2. The van der Waals surface area contributed by atoms with E-state index in [-0.39, 0.29) is 24.9 Å². The number of ether oxygens (including phenoxy) is 2. The van der Waals surface area contributed by atoms with Crippen LogP contribution in [-0.4, -0.2) is 38.1 Å². The van der Waals surface area contributed by atoms with E-state index in [0.717, 1.165) is 17.0 Å². The Morgan fingerprint density at radius 1 is 1.09 bits per heavy atom. The number of hydrogen-bond donors (Lipinski definition) is 3. The van der Waals surface area contributed by atoms with Crippen molar-refractivity contribution in [3.8, 4) is 5.75 Å². The van der Waals surface area contributed by atoms with Gasteiger partial charge < -0.3 is 20.1 Å². The standard InChI is InChI=1S/C22H19ClN4O4S.CH4/c1-30-15-6-7-16(17(12-15)26-21(29)18-8-9-19(23)32-18)20(28)25-13-2-4-14(5-3-13)27-10-11-31-22(27)24;/h2-9,12,24H,10-11H2,1H3,(H,25,28)(H,26,29);1H4. The van der Waals surface area contributed by atoms with Gasteiger partial charge in [0, 0.05) is 17.4 Å². The summed E-state index contributed by atoms with van der Waals surface area (Å²) in [5.74, 6) is -0.262. The molecule has 0 radical (unpaired) electrons. The fourth-order valence-electron chi connectivity index (χ4n) is 3.15. The van der Waals surface area contributed by atoms with Crippen molar-refractivity contribution in [2.24, 2.45) is 0 Å². The normalized spacial score (nSPS) is 12.5. The number of thiophene rings is 1. The summed E-state index contributed by atoms with van der Waals surface area (Å²) in [6.07, 6.45) is 0. The zero-order chi connectivity index (χ0) is 22.7. The fourth-order valence-corrected chi connectivity index (χ4v) is 4.09. The SMILES string of the molecule is C.COc1ccc(C(=O)Nc2ccc(N3CCOC3=N)cc2)c(NC(=O)c2ccc(Cl)s2)c1. The maximum Gasteiger partial charge on any atom is 0.289 e. The van der Waals surface area contributed by atoms with E-state index in [9.17, 15) is 9.59 Å². The van der Waals surface area contributed by atoms with Crippen LogP contribution in [0.15, 0.2) is 54.6 Å². The van der Waals surface area contributed by atoms with Crippen molar-refractivity contribution in [2.75, 3.05) is 35.8 Å². The number of benzene rings is 2. The zero-order valence-electron chi connectivity index (χ0n) is 17.0. The van der Waals surface area contributed by atoms with Gasteiger partial charge in [-0.15, -0.1) is 11.3 Å². The first-order valence-electron chi connectivity index (χ1n) is 9.59. The van der Waals surface area contributed by atoms with Gasteiger partial charge in [-0.1, -0.05) is 19.0 Å². The molecule has 172 valence electrons. The number of hydrogen-bond acceptors (Lipinski definition) is 6. The minimum atomic E-state index is -0.392. The Morgan fingerprint density at radius 3 is 2.45 bits per heavy atom. The van der Waals surface area contributed by atoms with Crippen molar-refractivity contribution in [1.82, 2.24) is 0 Å². The third kappa shape index (κ3) is 5.44. The van der Waals surface area contributed by atoms with E-state index in [1.807, 2.05) is 0 Å². The Bertz CT molecular complexity index is 1180. The first kappa shape index (κ1) is 24.1. The third-order valence-corrected chi connectivity index (χ3v) is 5.98. The van der Waals surface area contributed by atoms with Gasteiger partial charge in [0.15, 0.2) is 0 Å². The summed E-state index contributed by atoms with van der Waals surface area (Å²) in [7, 11) is 1.51. The molecule has 2 heterocycles. The lowest BCUT2D eigenvalue weighted by atomic mass is 10.1. The molecule has 0 atom stereocenters. The number of amidine groups is 1. The third-order valence-electron chi connectivity index (χ3n) is 4.75. The van der Waals surface area contributed by atoms with Crippen molar-refractivity contribution in [2.45, 2.75) is 7.43 Å². The van der Waals surface area contributed by atoms with Gasteiger partial charge in [-0.2, -0.15) is 0 Å². The predicted molar refractivity (Wildman–Crippen MR) is 132 cm³/mol. The molecule has 0 saturated carbocycles. The molecule has 3 aromatic rings. The smallest absolute Gasteiger partial charge is 0.289 e. The van der Waals surface area contributed by atoms with E-state index < -0.39 is 5.91 Å². The van der Waals surface area contributed by atoms with E-state index in [0.29, 0.717) is 39.5 Å². The summed E-state index contributed by atoms with van der Waals surface area (Å²) in [5, 5.41) is 13.4. The van der Waals surface area contributed by atoms with E-state index in [1.54, 1.807) is 59.5 Å². The molecule has 10 heteroatoms. The molecular weight excluding hydrogens is 464 g/mol. The average Bonchev–Trinajstić information content (AvgIpc) is 3.42. The number of halogens is 1. The second kappa shape index (κ2) is 10.4. The Labute approximate surface area is 200 Å². The van der Waals surface area contributed by atoms with Gasteiger partial charge >= 0.3 is 0 Å². The summed E-state index contributed by atoms with van der Waals surface area (Å²) < 4.78 is 10.9. The average molecular weight is 487 g/mol. The van der Waals surface area contributed by atoms with E-state index in [2.05, 4.69) is 10.6 Å². The van der Waals surface area contributed by atoms with Crippen LogP contribution >= 0.6 is 22.9 Å². The Kier molecular flexibility index (Phi) is 7.57. The van der Waals surface area contributed by atoms with Crippen LogP contribution in [-0.2, 0) is 4.74 Å². The molecule has 1 aliphatic heterocycles. The molecule has 0 spiro atoms. The van der Waals surface area contributed by atoms with Gasteiger partial charge in [0.25, 0.3) is 17.8 Å². The van der Waals surface area contributed by atoms with Gasteiger partial charge in [-0.3, -0.25) is 19.9 Å². The van der Waals surface area contributed by atoms with Crippen molar-refractivity contribution in [3.05, 3.63) is 69.4 Å². The number of carbonyl (C=O) groups excluding carboxylic acids is 2. The lowest BCUT2D eigenvalue weighted by Crippen LogP contribution is -2.23. The minimum absolute atomic E-state index is 0. The van der Waals surface area contributed by atoms with Crippen LogP contribution in [0, 0.1) is 5.41 Å². The molecule has 0 aliphatic carbocycles. The molecule has 2 amide bonds. The Balaban J connectivity index is 0.00000306. The van der Waals surface area contributed by atoms with Crippen LogP contribution in [0.3, 0.4) is 0 Å². The first-order valence-corrected chi connectivity index (χ1v) is 10.8. The molecular formula is C23H23ClN4O4S. The number of nitrogens with zero attached hydrogens (tertiary/aromatic N) is 1. The molecule has 1 aromatic heterocycles. The van der Waals surface area contributed by atoms with Crippen LogP contribution in [0.4, 0.5) is 17.1 Å². The van der Waals surface area contributed by atoms with Crippen molar-refractivity contribution < 1.29 is 19.1 Å². The van der Waals surface area contributed by atoms with Crippen LogP contribution < -0.4 is 20.3 Å². The van der Waals surface area contributed by atoms with Crippen LogP contribution in [0.2, 0.25) is 4.34 Å². The van der Waals surface area contributed by atoms with Gasteiger partial charge in [0.05, 0.1) is 34.1 Å². The highest BCUT2D eigenvalue weighted by molar-refractivity contribution is 7.18. The van der Waals surface area contributed by atoms with Crippen LogP contribution in [0.1, 0.15) is 27.5 Å². The lowest BCUT2D eigenvalue weighted by Gasteiger charge is -2.16. The molecule has 1 saturated heterocycles. The second-order valence-electron chi connectivity index (χ2n) is 6.78.